The Morgan fingerprint density at radius 1 is 1.24 bits per heavy atom. The van der Waals surface area contributed by atoms with E-state index in [4.69, 9.17) is 9.47 Å². The van der Waals surface area contributed by atoms with Gasteiger partial charge in [0.1, 0.15) is 23.7 Å². The normalized spacial score (nSPS) is 10.1. The van der Waals surface area contributed by atoms with Crippen molar-refractivity contribution in [3.63, 3.8) is 0 Å². The Labute approximate surface area is 122 Å². The SMILES string of the molecule is CCCOc1ccc(C(=O)O)c(OCc2ncccn2)c1. The third-order valence-electron chi connectivity index (χ3n) is 2.63. The van der Waals surface area contributed by atoms with Crippen LogP contribution in [-0.4, -0.2) is 27.7 Å². The summed E-state index contributed by atoms with van der Waals surface area (Å²) in [6.45, 7) is 2.65. The van der Waals surface area contributed by atoms with Crippen LogP contribution in [0, 0.1) is 0 Å². The fourth-order valence-electron chi connectivity index (χ4n) is 1.66. The van der Waals surface area contributed by atoms with Crippen LogP contribution in [0.1, 0.15) is 29.5 Å². The lowest BCUT2D eigenvalue weighted by molar-refractivity contribution is 0.0691. The molecule has 110 valence electrons. The van der Waals surface area contributed by atoms with E-state index in [2.05, 4.69) is 9.97 Å². The molecule has 0 saturated heterocycles. The molecule has 0 amide bonds. The summed E-state index contributed by atoms with van der Waals surface area (Å²) in [5.41, 5.74) is 0.0785. The van der Waals surface area contributed by atoms with Gasteiger partial charge in [-0.1, -0.05) is 6.92 Å². The molecule has 0 fully saturated rings. The molecular formula is C15H16N2O4. The first kappa shape index (κ1) is 14.8. The maximum absolute atomic E-state index is 11.2. The second-order valence-electron chi connectivity index (χ2n) is 4.27. The monoisotopic (exact) mass is 288 g/mol. The topological polar surface area (TPSA) is 81.5 Å². The lowest BCUT2D eigenvalue weighted by atomic mass is 10.2. The van der Waals surface area contributed by atoms with Crippen LogP contribution in [0.3, 0.4) is 0 Å². The third kappa shape index (κ3) is 4.17. The average molecular weight is 288 g/mol. The van der Waals surface area contributed by atoms with Gasteiger partial charge in [0.2, 0.25) is 0 Å². The molecule has 1 N–H and O–H groups in total. The van der Waals surface area contributed by atoms with E-state index in [1.54, 1.807) is 30.6 Å². The number of hydrogen-bond donors (Lipinski definition) is 1. The molecule has 21 heavy (non-hydrogen) atoms. The molecule has 1 aromatic carbocycles. The van der Waals surface area contributed by atoms with Gasteiger partial charge in [-0.05, 0) is 24.6 Å². The number of nitrogens with zero attached hydrogens (tertiary/aromatic N) is 2. The summed E-state index contributed by atoms with van der Waals surface area (Å²) in [6, 6.07) is 6.35. The van der Waals surface area contributed by atoms with Gasteiger partial charge in [-0.25, -0.2) is 14.8 Å². The molecule has 6 heteroatoms. The summed E-state index contributed by atoms with van der Waals surface area (Å²) >= 11 is 0. The third-order valence-corrected chi connectivity index (χ3v) is 2.63. The zero-order chi connectivity index (χ0) is 15.1. The van der Waals surface area contributed by atoms with Gasteiger partial charge in [0, 0.05) is 18.5 Å². The van der Waals surface area contributed by atoms with Crippen LogP contribution in [0.2, 0.25) is 0 Å². The molecule has 0 aliphatic heterocycles. The van der Waals surface area contributed by atoms with E-state index in [0.717, 1.165) is 6.42 Å². The van der Waals surface area contributed by atoms with E-state index in [-0.39, 0.29) is 17.9 Å². The van der Waals surface area contributed by atoms with Crippen molar-refractivity contribution in [1.82, 2.24) is 9.97 Å². The van der Waals surface area contributed by atoms with Crippen molar-refractivity contribution in [2.45, 2.75) is 20.0 Å². The molecule has 6 nitrogen and oxygen atoms in total. The van der Waals surface area contributed by atoms with Crippen molar-refractivity contribution < 1.29 is 19.4 Å². The first-order chi connectivity index (χ1) is 10.2. The number of aromatic carboxylic acids is 1. The van der Waals surface area contributed by atoms with Gasteiger partial charge >= 0.3 is 5.97 Å². The molecule has 2 rings (SSSR count). The van der Waals surface area contributed by atoms with Gasteiger partial charge < -0.3 is 14.6 Å². The molecule has 0 bridgehead atoms. The summed E-state index contributed by atoms with van der Waals surface area (Å²) < 4.78 is 11.0. The summed E-state index contributed by atoms with van der Waals surface area (Å²) in [4.78, 5) is 19.3. The van der Waals surface area contributed by atoms with Crippen molar-refractivity contribution in [3.8, 4) is 11.5 Å². The molecular weight excluding hydrogens is 272 g/mol. The standard InChI is InChI=1S/C15H16N2O4/c1-2-8-20-11-4-5-12(15(18)19)13(9-11)21-10-14-16-6-3-7-17-14/h3-7,9H,2,8,10H2,1H3,(H,18,19). The number of hydrogen-bond acceptors (Lipinski definition) is 5. The van der Waals surface area contributed by atoms with Crippen LogP contribution in [0.4, 0.5) is 0 Å². The minimum atomic E-state index is -1.05. The lowest BCUT2D eigenvalue weighted by Crippen LogP contribution is -2.06. The highest BCUT2D eigenvalue weighted by molar-refractivity contribution is 5.91. The molecule has 2 aromatic rings. The zero-order valence-electron chi connectivity index (χ0n) is 11.7. The maximum atomic E-state index is 11.2. The highest BCUT2D eigenvalue weighted by Gasteiger charge is 2.13. The van der Waals surface area contributed by atoms with Gasteiger partial charge in [0.05, 0.1) is 6.61 Å². The number of carboxylic acids is 1. The lowest BCUT2D eigenvalue weighted by Gasteiger charge is -2.11. The van der Waals surface area contributed by atoms with Crippen molar-refractivity contribution in [2.75, 3.05) is 6.61 Å². The predicted molar refractivity (Wildman–Crippen MR) is 75.6 cm³/mol. The van der Waals surface area contributed by atoms with E-state index in [1.807, 2.05) is 6.92 Å². The predicted octanol–water partition coefficient (Wildman–Crippen LogP) is 2.54. The van der Waals surface area contributed by atoms with Crippen LogP contribution in [0.15, 0.2) is 36.7 Å². The fraction of sp³-hybridized carbons (Fsp3) is 0.267. The zero-order valence-corrected chi connectivity index (χ0v) is 11.7. The van der Waals surface area contributed by atoms with E-state index in [0.29, 0.717) is 18.2 Å². The number of carboxylic acid groups (broad SMARTS) is 1. The number of aromatic nitrogens is 2. The van der Waals surface area contributed by atoms with E-state index >= 15 is 0 Å². The fourth-order valence-corrected chi connectivity index (χ4v) is 1.66. The van der Waals surface area contributed by atoms with Gasteiger partial charge in [-0.2, -0.15) is 0 Å². The van der Waals surface area contributed by atoms with Crippen LogP contribution in [0.5, 0.6) is 11.5 Å². The second kappa shape index (κ2) is 7.23. The Morgan fingerprint density at radius 3 is 2.67 bits per heavy atom. The number of ether oxygens (including phenoxy) is 2. The van der Waals surface area contributed by atoms with E-state index in [9.17, 15) is 9.90 Å². The number of rotatable bonds is 7. The van der Waals surface area contributed by atoms with E-state index < -0.39 is 5.97 Å². The first-order valence-corrected chi connectivity index (χ1v) is 6.59. The Kier molecular flexibility index (Phi) is 5.09. The van der Waals surface area contributed by atoms with Crippen LogP contribution >= 0.6 is 0 Å². The summed E-state index contributed by atoms with van der Waals surface area (Å²) in [5.74, 6) is 0.240. The van der Waals surface area contributed by atoms with Crippen LogP contribution in [-0.2, 0) is 6.61 Å². The van der Waals surface area contributed by atoms with Gasteiger partial charge in [-0.3, -0.25) is 0 Å². The highest BCUT2D eigenvalue weighted by Crippen LogP contribution is 2.25. The molecule has 0 spiro atoms. The average Bonchev–Trinajstić information content (AvgIpc) is 2.51. The molecule has 0 atom stereocenters. The van der Waals surface area contributed by atoms with Crippen LogP contribution < -0.4 is 9.47 Å². The number of benzene rings is 1. The molecule has 0 aliphatic carbocycles. The van der Waals surface area contributed by atoms with Crippen molar-refractivity contribution in [1.29, 1.82) is 0 Å². The second-order valence-corrected chi connectivity index (χ2v) is 4.27. The van der Waals surface area contributed by atoms with Crippen molar-refractivity contribution in [2.24, 2.45) is 0 Å². The van der Waals surface area contributed by atoms with E-state index in [1.165, 1.54) is 6.07 Å². The minimum Gasteiger partial charge on any atom is -0.493 e. The van der Waals surface area contributed by atoms with Gasteiger partial charge in [0.15, 0.2) is 5.82 Å². The summed E-state index contributed by atoms with van der Waals surface area (Å²) in [5, 5.41) is 9.18. The largest absolute Gasteiger partial charge is 0.493 e. The molecule has 0 saturated carbocycles. The Bertz CT molecular complexity index is 602. The molecule has 1 heterocycles. The van der Waals surface area contributed by atoms with Gasteiger partial charge in [-0.15, -0.1) is 0 Å². The van der Waals surface area contributed by atoms with Crippen molar-refractivity contribution >= 4 is 5.97 Å². The molecule has 0 unspecified atom stereocenters. The number of carbonyl (C=O) groups is 1. The minimum absolute atomic E-state index is 0.0785. The van der Waals surface area contributed by atoms with Gasteiger partial charge in [0.25, 0.3) is 0 Å². The molecule has 0 aliphatic rings. The first-order valence-electron chi connectivity index (χ1n) is 6.59. The molecule has 1 aromatic heterocycles. The maximum Gasteiger partial charge on any atom is 0.339 e. The molecule has 0 radical (unpaired) electrons. The van der Waals surface area contributed by atoms with Crippen LogP contribution in [0.25, 0.3) is 0 Å². The van der Waals surface area contributed by atoms with Crippen molar-refractivity contribution in [3.05, 3.63) is 48.0 Å². The smallest absolute Gasteiger partial charge is 0.339 e. The Morgan fingerprint density at radius 2 is 2.00 bits per heavy atom. The Hall–Kier alpha value is -2.63. The quantitative estimate of drug-likeness (QED) is 0.843. The summed E-state index contributed by atoms with van der Waals surface area (Å²) in [7, 11) is 0. The Balaban J connectivity index is 2.16. The highest BCUT2D eigenvalue weighted by atomic mass is 16.5. The summed E-state index contributed by atoms with van der Waals surface area (Å²) in [6.07, 6.45) is 4.07.